The van der Waals surface area contributed by atoms with E-state index in [1.165, 1.54) is 37.3 Å². The Kier molecular flexibility index (Phi) is 6.22. The second-order valence-electron chi connectivity index (χ2n) is 12.7. The van der Waals surface area contributed by atoms with Crippen LogP contribution < -0.4 is 9.64 Å². The van der Waals surface area contributed by atoms with Crippen LogP contribution in [0.15, 0.2) is 156 Å². The minimum absolute atomic E-state index is 0.712. The number of aromatic nitrogens is 2. The average molecular weight is 692 g/mol. The van der Waals surface area contributed by atoms with Crippen LogP contribution in [-0.4, -0.2) is 9.36 Å². The van der Waals surface area contributed by atoms with Gasteiger partial charge in [-0.1, -0.05) is 60.7 Å². The molecule has 0 saturated carbocycles. The maximum atomic E-state index is 6.46. The molecule has 0 bridgehead atoms. The molecule has 0 saturated heterocycles. The second-order valence-corrected chi connectivity index (χ2v) is 14.5. The summed E-state index contributed by atoms with van der Waals surface area (Å²) in [5.41, 5.74) is 9.07. The fourth-order valence-electron chi connectivity index (χ4n) is 7.19. The monoisotopic (exact) mass is 691 g/mol. The minimum atomic E-state index is 0.712. The second kappa shape index (κ2) is 11.1. The summed E-state index contributed by atoms with van der Waals surface area (Å²) in [4.78, 5) is 7.25. The van der Waals surface area contributed by atoms with Crippen molar-refractivity contribution in [2.45, 2.75) is 0 Å². The predicted molar refractivity (Wildman–Crippen MR) is 211 cm³/mol. The van der Waals surface area contributed by atoms with Gasteiger partial charge in [-0.25, -0.2) is 4.98 Å². The number of furan rings is 1. The van der Waals surface area contributed by atoms with Crippen LogP contribution in [0.3, 0.4) is 0 Å². The average Bonchev–Trinajstić information content (AvgIpc) is 3.92. The quantitative estimate of drug-likeness (QED) is 0.184. The van der Waals surface area contributed by atoms with Crippen molar-refractivity contribution in [3.63, 3.8) is 0 Å². The Morgan fingerprint density at radius 1 is 0.490 bits per heavy atom. The van der Waals surface area contributed by atoms with E-state index in [1.807, 2.05) is 53.8 Å². The Labute approximate surface area is 300 Å². The lowest BCUT2D eigenvalue weighted by Gasteiger charge is -2.33. The lowest BCUT2D eigenvalue weighted by atomic mass is 10.0. The maximum Gasteiger partial charge on any atom is 0.173 e. The van der Waals surface area contributed by atoms with E-state index in [0.717, 1.165) is 72.2 Å². The van der Waals surface area contributed by atoms with Crippen molar-refractivity contribution in [3.8, 4) is 44.6 Å². The molecule has 1 aliphatic rings. The summed E-state index contributed by atoms with van der Waals surface area (Å²) in [5, 5.41) is 5.62. The fourth-order valence-corrected chi connectivity index (χ4v) is 8.97. The molecule has 3 aromatic heterocycles. The van der Waals surface area contributed by atoms with E-state index in [1.54, 1.807) is 0 Å². The summed E-state index contributed by atoms with van der Waals surface area (Å²) in [7, 11) is 0. The predicted octanol–water partition coefficient (Wildman–Crippen LogP) is 13.4. The van der Waals surface area contributed by atoms with E-state index < -0.39 is 0 Å². The highest BCUT2D eigenvalue weighted by Crippen LogP contribution is 2.51. The van der Waals surface area contributed by atoms with Crippen molar-refractivity contribution in [1.29, 1.82) is 0 Å². The molecule has 0 N–H and O–H groups in total. The number of ether oxygens (including phenoxy) is 1. The van der Waals surface area contributed by atoms with Gasteiger partial charge in [-0.3, -0.25) is 0 Å². The van der Waals surface area contributed by atoms with Crippen LogP contribution in [0.25, 0.3) is 75.2 Å². The largest absolute Gasteiger partial charge is 0.456 e. The number of para-hydroxylation sites is 3. The fraction of sp³-hybridized carbons (Fsp3) is 0. The summed E-state index contributed by atoms with van der Waals surface area (Å²) in [5.74, 6) is 2.35. The molecule has 4 heterocycles. The van der Waals surface area contributed by atoms with E-state index in [-0.39, 0.29) is 0 Å². The summed E-state index contributed by atoms with van der Waals surface area (Å²) in [6.07, 6.45) is 0. The number of thiophene rings is 1. The van der Waals surface area contributed by atoms with Gasteiger partial charge in [-0.05, 0) is 114 Å². The van der Waals surface area contributed by atoms with Gasteiger partial charge in [0.2, 0.25) is 0 Å². The lowest BCUT2D eigenvalue weighted by molar-refractivity contribution is 0.477. The summed E-state index contributed by atoms with van der Waals surface area (Å²) in [6.45, 7) is 0. The SMILES string of the molecule is c1ccc2c(c1)Oc1ccc(-c3ccc4sc5ccccc5c4c3)cc1N2c1ccc(-c2nc(-c3ccc4oc5ccccc5c4c3)ns2)cc1. The van der Waals surface area contributed by atoms with Crippen molar-refractivity contribution >= 4 is 82.0 Å². The van der Waals surface area contributed by atoms with Gasteiger partial charge in [0.1, 0.15) is 16.2 Å². The topological polar surface area (TPSA) is 51.4 Å². The molecule has 5 nitrogen and oxygen atoms in total. The molecular formula is C44H25N3O2S2. The van der Waals surface area contributed by atoms with Gasteiger partial charge in [0.25, 0.3) is 0 Å². The Morgan fingerprint density at radius 2 is 1.18 bits per heavy atom. The van der Waals surface area contributed by atoms with Crippen LogP contribution in [-0.2, 0) is 0 Å². The first-order chi connectivity index (χ1) is 25.2. The van der Waals surface area contributed by atoms with Crippen molar-refractivity contribution < 1.29 is 9.15 Å². The third kappa shape index (κ3) is 4.59. The van der Waals surface area contributed by atoms with Crippen LogP contribution in [0.2, 0.25) is 0 Å². The van der Waals surface area contributed by atoms with E-state index in [0.29, 0.717) is 5.82 Å². The number of hydrogen-bond acceptors (Lipinski definition) is 7. The van der Waals surface area contributed by atoms with Gasteiger partial charge in [-0.2, -0.15) is 4.37 Å². The zero-order valence-electron chi connectivity index (χ0n) is 26.9. The highest BCUT2D eigenvalue weighted by molar-refractivity contribution is 7.25. The highest BCUT2D eigenvalue weighted by Gasteiger charge is 2.26. The van der Waals surface area contributed by atoms with Crippen LogP contribution in [0.1, 0.15) is 0 Å². The Balaban J connectivity index is 0.956. The van der Waals surface area contributed by atoms with Gasteiger partial charge >= 0.3 is 0 Å². The first-order valence-electron chi connectivity index (χ1n) is 16.7. The molecule has 7 aromatic carbocycles. The van der Waals surface area contributed by atoms with E-state index in [9.17, 15) is 0 Å². The van der Waals surface area contributed by atoms with Gasteiger partial charge < -0.3 is 14.1 Å². The third-order valence-corrected chi connectivity index (χ3v) is 11.6. The van der Waals surface area contributed by atoms with Crippen molar-refractivity contribution in [1.82, 2.24) is 9.36 Å². The van der Waals surface area contributed by atoms with E-state index >= 15 is 0 Å². The van der Waals surface area contributed by atoms with Crippen LogP contribution >= 0.6 is 22.9 Å². The Morgan fingerprint density at radius 3 is 2.12 bits per heavy atom. The molecule has 0 radical (unpaired) electrons. The number of rotatable bonds is 4. The molecule has 51 heavy (non-hydrogen) atoms. The van der Waals surface area contributed by atoms with Gasteiger partial charge in [0.15, 0.2) is 17.3 Å². The van der Waals surface area contributed by atoms with Crippen molar-refractivity contribution in [3.05, 3.63) is 152 Å². The number of nitrogens with zero attached hydrogens (tertiary/aromatic N) is 3. The smallest absolute Gasteiger partial charge is 0.173 e. The number of benzene rings is 7. The standard InChI is InChI=1S/C44H25N3O2S2/c1-4-10-37-31(7-1)33-24-29(16-20-38(33)48-37)43-45-44(51-46-43)26-13-18-30(19-14-26)47-35-9-3-5-11-39(35)49-40-21-15-28(25-36(40)47)27-17-22-42-34(23-27)32-8-2-6-12-41(32)50-42/h1-25H. The van der Waals surface area contributed by atoms with Crippen LogP contribution in [0.4, 0.5) is 17.1 Å². The molecule has 10 aromatic rings. The highest BCUT2D eigenvalue weighted by atomic mass is 32.1. The van der Waals surface area contributed by atoms with Gasteiger partial charge in [-0.15, -0.1) is 11.3 Å². The lowest BCUT2D eigenvalue weighted by Crippen LogP contribution is -2.15. The molecule has 7 heteroatoms. The summed E-state index contributed by atoms with van der Waals surface area (Å²) >= 11 is 3.25. The molecule has 0 fully saturated rings. The molecule has 0 amide bonds. The maximum absolute atomic E-state index is 6.46. The number of anilines is 3. The van der Waals surface area contributed by atoms with Crippen molar-refractivity contribution in [2.24, 2.45) is 0 Å². The Bertz CT molecular complexity index is 2980. The number of fused-ring (bicyclic) bond motifs is 8. The molecule has 0 spiro atoms. The molecule has 0 atom stereocenters. The molecular weight excluding hydrogens is 667 g/mol. The Hall–Kier alpha value is -6.28. The van der Waals surface area contributed by atoms with Crippen LogP contribution in [0, 0.1) is 0 Å². The normalized spacial score (nSPS) is 12.4. The van der Waals surface area contributed by atoms with E-state index in [2.05, 4.69) is 114 Å². The first-order valence-corrected chi connectivity index (χ1v) is 18.3. The van der Waals surface area contributed by atoms with Crippen LogP contribution in [0.5, 0.6) is 11.5 Å². The molecule has 0 unspecified atom stereocenters. The van der Waals surface area contributed by atoms with Gasteiger partial charge in [0, 0.05) is 47.8 Å². The molecule has 1 aliphatic heterocycles. The zero-order chi connectivity index (χ0) is 33.5. The van der Waals surface area contributed by atoms with Crippen molar-refractivity contribution in [2.75, 3.05) is 4.90 Å². The molecule has 0 aliphatic carbocycles. The van der Waals surface area contributed by atoms with E-state index in [4.69, 9.17) is 18.5 Å². The summed E-state index contributed by atoms with van der Waals surface area (Å²) < 4.78 is 19.8. The van der Waals surface area contributed by atoms with Gasteiger partial charge in [0.05, 0.1) is 11.4 Å². The number of hydrogen-bond donors (Lipinski definition) is 0. The molecule has 11 rings (SSSR count). The third-order valence-electron chi connectivity index (χ3n) is 9.67. The summed E-state index contributed by atoms with van der Waals surface area (Å²) in [6, 6.07) is 52.9. The molecule has 240 valence electrons. The zero-order valence-corrected chi connectivity index (χ0v) is 28.5. The minimum Gasteiger partial charge on any atom is -0.456 e. The first kappa shape index (κ1) is 28.5.